The number of carbonyl (C=O) groups is 1. The highest BCUT2D eigenvalue weighted by atomic mass is 32.1. The number of hydrogen-bond donors (Lipinski definition) is 1. The van der Waals surface area contributed by atoms with Gasteiger partial charge in [-0.1, -0.05) is 42.5 Å². The van der Waals surface area contributed by atoms with Crippen molar-refractivity contribution in [2.24, 2.45) is 0 Å². The van der Waals surface area contributed by atoms with Gasteiger partial charge in [0.25, 0.3) is 0 Å². The lowest BCUT2D eigenvalue weighted by atomic mass is 9.98. The Morgan fingerprint density at radius 2 is 1.83 bits per heavy atom. The largest absolute Gasteiger partial charge is 0.493 e. The molecule has 1 N–H and O–H groups in total. The molecule has 0 amide bonds. The number of ether oxygens (including phenoxy) is 3. The highest BCUT2D eigenvalue weighted by Gasteiger charge is 2.27. The summed E-state index contributed by atoms with van der Waals surface area (Å²) < 4.78 is 28.2. The summed E-state index contributed by atoms with van der Waals surface area (Å²) in [6, 6.07) is 25.4. The first-order valence-corrected chi connectivity index (χ1v) is 13.9. The Balaban J connectivity index is 1.43. The van der Waals surface area contributed by atoms with Crippen molar-refractivity contribution in [2.75, 3.05) is 13.7 Å². The second kappa shape index (κ2) is 10.3. The number of aromatic nitrogens is 3. The van der Waals surface area contributed by atoms with E-state index in [9.17, 15) is 9.90 Å². The van der Waals surface area contributed by atoms with Gasteiger partial charge >= 0.3 is 5.97 Å². The fraction of sp³-hybridized carbons (Fsp3) is 0.156. The zero-order chi connectivity index (χ0) is 27.9. The van der Waals surface area contributed by atoms with Gasteiger partial charge in [0, 0.05) is 30.0 Å². The molecule has 6 aromatic rings. The number of fused-ring (bicyclic) bond motifs is 3. The minimum absolute atomic E-state index is 0.192. The minimum atomic E-state index is -1.02. The van der Waals surface area contributed by atoms with Crippen molar-refractivity contribution in [2.45, 2.75) is 19.6 Å². The Morgan fingerprint density at radius 1 is 0.976 bits per heavy atom. The molecule has 7 rings (SSSR count). The molecule has 0 aliphatic carbocycles. The second-order valence-corrected chi connectivity index (χ2v) is 10.4. The average molecular weight is 564 g/mol. The Morgan fingerprint density at radius 3 is 2.66 bits per heavy atom. The monoisotopic (exact) mass is 563 g/mol. The third-order valence-electron chi connectivity index (χ3n) is 7.43. The van der Waals surface area contributed by atoms with Crippen molar-refractivity contribution in [3.8, 4) is 28.4 Å². The van der Waals surface area contributed by atoms with Crippen LogP contribution in [0.25, 0.3) is 33.1 Å². The molecule has 1 aliphatic heterocycles. The summed E-state index contributed by atoms with van der Waals surface area (Å²) in [5.74, 6) is 0.889. The van der Waals surface area contributed by atoms with Crippen LogP contribution in [0.3, 0.4) is 0 Å². The number of nitrogens with zero attached hydrogens (tertiary/aromatic N) is 3. The molecule has 0 spiro atoms. The molecule has 0 saturated carbocycles. The zero-order valence-corrected chi connectivity index (χ0v) is 23.0. The smallest absolute Gasteiger partial charge is 0.353 e. The van der Waals surface area contributed by atoms with Crippen molar-refractivity contribution in [1.29, 1.82) is 0 Å². The topological polar surface area (TPSA) is 95.7 Å². The van der Waals surface area contributed by atoms with E-state index in [1.165, 1.54) is 0 Å². The summed E-state index contributed by atoms with van der Waals surface area (Å²) in [5, 5.41) is 11.4. The number of methoxy groups -OCH3 is 1. The lowest BCUT2D eigenvalue weighted by molar-refractivity contribution is 0.0687. The highest BCUT2D eigenvalue weighted by molar-refractivity contribution is 7.00. The molecular weight excluding hydrogens is 538 g/mol. The summed E-state index contributed by atoms with van der Waals surface area (Å²) in [7, 11) is 1.59. The highest BCUT2D eigenvalue weighted by Crippen LogP contribution is 2.43. The molecule has 3 heterocycles. The van der Waals surface area contributed by atoms with Crippen molar-refractivity contribution in [1.82, 2.24) is 13.3 Å². The molecule has 9 heteroatoms. The number of rotatable bonds is 8. The SMILES string of the molecule is COc1cc2c(-c3ccc4c(c3)CCO4)c(C(=O)O)n(Cc3ccc4nsnc4c3)c2cc1OCc1ccccc1. The van der Waals surface area contributed by atoms with Gasteiger partial charge in [0.15, 0.2) is 11.5 Å². The predicted octanol–water partition coefficient (Wildman–Crippen LogP) is 6.58. The first-order valence-electron chi connectivity index (χ1n) is 13.2. The van der Waals surface area contributed by atoms with Crippen molar-refractivity contribution in [3.05, 3.63) is 101 Å². The normalized spacial score (nSPS) is 12.4. The molecule has 0 unspecified atom stereocenters. The van der Waals surface area contributed by atoms with E-state index >= 15 is 0 Å². The van der Waals surface area contributed by atoms with Crippen molar-refractivity contribution < 1.29 is 24.1 Å². The number of hydrogen-bond acceptors (Lipinski definition) is 7. The molecule has 0 saturated heterocycles. The predicted molar refractivity (Wildman–Crippen MR) is 157 cm³/mol. The Bertz CT molecular complexity index is 1930. The second-order valence-electron chi connectivity index (χ2n) is 9.92. The summed E-state index contributed by atoms with van der Waals surface area (Å²) in [5.41, 5.74) is 6.97. The maximum Gasteiger partial charge on any atom is 0.353 e. The average Bonchev–Trinajstić information content (AvgIpc) is 3.73. The Labute approximate surface area is 239 Å². The van der Waals surface area contributed by atoms with Crippen LogP contribution < -0.4 is 14.2 Å². The van der Waals surface area contributed by atoms with Crippen molar-refractivity contribution in [3.63, 3.8) is 0 Å². The number of carboxylic acid groups (broad SMARTS) is 1. The van der Waals surface area contributed by atoms with Gasteiger partial charge in [-0.25, -0.2) is 4.79 Å². The van der Waals surface area contributed by atoms with Crippen LogP contribution in [0, 0.1) is 0 Å². The van der Waals surface area contributed by atoms with Crippen LogP contribution in [0.15, 0.2) is 78.9 Å². The number of carboxylic acids is 1. The van der Waals surface area contributed by atoms with Gasteiger partial charge in [-0.2, -0.15) is 8.75 Å². The molecule has 1 aliphatic rings. The van der Waals surface area contributed by atoms with E-state index in [0.29, 0.717) is 36.8 Å². The molecule has 0 atom stereocenters. The molecule has 2 aromatic heterocycles. The summed E-state index contributed by atoms with van der Waals surface area (Å²) in [6.45, 7) is 1.29. The van der Waals surface area contributed by atoms with Crippen LogP contribution in [0.2, 0.25) is 0 Å². The van der Waals surface area contributed by atoms with Crippen LogP contribution in [0.1, 0.15) is 27.2 Å². The molecule has 8 nitrogen and oxygen atoms in total. The molecule has 41 heavy (non-hydrogen) atoms. The molecule has 204 valence electrons. The quantitative estimate of drug-likeness (QED) is 0.223. The van der Waals surface area contributed by atoms with Crippen LogP contribution >= 0.6 is 11.7 Å². The summed E-state index contributed by atoms with van der Waals surface area (Å²) in [6.07, 6.45) is 0.784. The van der Waals surface area contributed by atoms with E-state index in [2.05, 4.69) is 8.75 Å². The van der Waals surface area contributed by atoms with Gasteiger partial charge in [-0.05, 0) is 52.6 Å². The van der Waals surface area contributed by atoms with Gasteiger partial charge in [0.1, 0.15) is 29.1 Å². The van der Waals surface area contributed by atoms with E-state index in [1.807, 2.05) is 83.4 Å². The first-order chi connectivity index (χ1) is 20.1. The van der Waals surface area contributed by atoms with Crippen LogP contribution in [-0.4, -0.2) is 38.1 Å². The molecule has 0 bridgehead atoms. The Hall–Kier alpha value is -4.89. The van der Waals surface area contributed by atoms with Crippen LogP contribution in [-0.2, 0) is 19.6 Å². The fourth-order valence-corrected chi connectivity index (χ4v) is 6.01. The fourth-order valence-electron chi connectivity index (χ4n) is 5.49. The van der Waals surface area contributed by atoms with Gasteiger partial charge in [-0.15, -0.1) is 0 Å². The summed E-state index contributed by atoms with van der Waals surface area (Å²) >= 11 is 1.16. The minimum Gasteiger partial charge on any atom is -0.493 e. The maximum absolute atomic E-state index is 13.0. The van der Waals surface area contributed by atoms with E-state index in [4.69, 9.17) is 14.2 Å². The first kappa shape index (κ1) is 25.1. The third-order valence-corrected chi connectivity index (χ3v) is 7.98. The van der Waals surface area contributed by atoms with Crippen LogP contribution in [0.4, 0.5) is 0 Å². The van der Waals surface area contributed by atoms with E-state index in [1.54, 1.807) is 7.11 Å². The van der Waals surface area contributed by atoms with Crippen molar-refractivity contribution >= 4 is 39.6 Å². The molecular formula is C32H25N3O5S. The van der Waals surface area contributed by atoms with Gasteiger partial charge < -0.3 is 23.9 Å². The zero-order valence-electron chi connectivity index (χ0n) is 22.2. The third kappa shape index (κ3) is 4.54. The van der Waals surface area contributed by atoms with E-state index < -0.39 is 5.97 Å². The van der Waals surface area contributed by atoms with Gasteiger partial charge in [0.2, 0.25) is 0 Å². The maximum atomic E-state index is 13.0. The lowest BCUT2D eigenvalue weighted by Crippen LogP contribution is -2.10. The molecule has 4 aromatic carbocycles. The molecule has 0 radical (unpaired) electrons. The van der Waals surface area contributed by atoms with Crippen LogP contribution in [0.5, 0.6) is 17.2 Å². The number of aromatic carboxylic acids is 1. The Kier molecular flexibility index (Phi) is 6.28. The summed E-state index contributed by atoms with van der Waals surface area (Å²) in [4.78, 5) is 13.0. The number of benzene rings is 4. The lowest BCUT2D eigenvalue weighted by Gasteiger charge is -2.13. The standard InChI is InChI=1S/C32H25N3O5S/c1-38-28-15-23-26(16-29(28)40-18-19-5-3-2-4-6-19)35(17-20-7-9-24-25(13-20)34-41-33-24)31(32(36)37)30(23)22-8-10-27-21(14-22)11-12-39-27/h2-10,13-16H,11-12,17-18H2,1H3,(H,36,37). The van der Waals surface area contributed by atoms with E-state index in [-0.39, 0.29) is 5.69 Å². The van der Waals surface area contributed by atoms with E-state index in [0.717, 1.165) is 68.1 Å². The van der Waals surface area contributed by atoms with Gasteiger partial charge in [0.05, 0.1) is 31.0 Å². The molecule has 0 fully saturated rings. The van der Waals surface area contributed by atoms with Gasteiger partial charge in [-0.3, -0.25) is 0 Å².